The molecule has 1 heterocycles. The molecule has 1 saturated heterocycles. The Labute approximate surface area is 185 Å². The summed E-state index contributed by atoms with van der Waals surface area (Å²) in [6.07, 6.45) is 3.63. The van der Waals surface area contributed by atoms with E-state index in [1.165, 1.54) is 5.56 Å². The quantitative estimate of drug-likeness (QED) is 0.637. The Bertz CT molecular complexity index is 871. The van der Waals surface area contributed by atoms with Crippen LogP contribution in [0.3, 0.4) is 0 Å². The lowest BCUT2D eigenvalue weighted by atomic mass is 9.94. The maximum absolute atomic E-state index is 12.8. The first-order valence-electron chi connectivity index (χ1n) is 11.0. The molecule has 6 nitrogen and oxygen atoms in total. The van der Waals surface area contributed by atoms with E-state index in [4.69, 9.17) is 4.74 Å². The predicted octanol–water partition coefficient (Wildman–Crippen LogP) is 4.15. The number of benzene rings is 2. The van der Waals surface area contributed by atoms with Gasteiger partial charge in [-0.1, -0.05) is 42.5 Å². The highest BCUT2D eigenvalue weighted by Gasteiger charge is 2.40. The minimum absolute atomic E-state index is 0.149. The first-order valence-corrected chi connectivity index (χ1v) is 11.0. The molecule has 0 aliphatic carbocycles. The van der Waals surface area contributed by atoms with Crippen LogP contribution in [0, 0.1) is 6.92 Å². The molecule has 6 heteroatoms. The maximum atomic E-state index is 12.8. The van der Waals surface area contributed by atoms with Crippen LogP contribution in [0.25, 0.3) is 0 Å². The Morgan fingerprint density at radius 3 is 2.68 bits per heavy atom. The molecule has 1 aliphatic rings. The summed E-state index contributed by atoms with van der Waals surface area (Å²) in [5, 5.41) is 6.05. The number of methoxy groups -OCH3 is 1. The first-order chi connectivity index (χ1) is 15.0. The van der Waals surface area contributed by atoms with Gasteiger partial charge >= 0.3 is 6.03 Å². The highest BCUT2D eigenvalue weighted by atomic mass is 16.5. The lowest BCUT2D eigenvalue weighted by Gasteiger charge is -2.30. The van der Waals surface area contributed by atoms with Gasteiger partial charge in [-0.05, 0) is 55.9 Å². The Morgan fingerprint density at radius 2 is 1.94 bits per heavy atom. The van der Waals surface area contributed by atoms with Crippen molar-refractivity contribution in [3.63, 3.8) is 0 Å². The van der Waals surface area contributed by atoms with E-state index in [0.29, 0.717) is 32.5 Å². The molecule has 2 aromatic rings. The van der Waals surface area contributed by atoms with Gasteiger partial charge in [-0.2, -0.15) is 0 Å². The molecular weight excluding hydrogens is 390 g/mol. The number of nitrogens with one attached hydrogen (secondary N) is 2. The number of aryl methyl sites for hydroxylation is 2. The second-order valence-electron chi connectivity index (χ2n) is 8.38. The van der Waals surface area contributed by atoms with Gasteiger partial charge < -0.3 is 20.3 Å². The van der Waals surface area contributed by atoms with E-state index in [9.17, 15) is 9.59 Å². The van der Waals surface area contributed by atoms with E-state index in [1.807, 2.05) is 54.3 Å². The van der Waals surface area contributed by atoms with Crippen LogP contribution in [0.15, 0.2) is 54.6 Å². The molecule has 0 spiro atoms. The largest absolute Gasteiger partial charge is 0.385 e. The van der Waals surface area contributed by atoms with Crippen molar-refractivity contribution in [1.29, 1.82) is 0 Å². The molecule has 2 aromatic carbocycles. The molecule has 1 aliphatic heterocycles. The summed E-state index contributed by atoms with van der Waals surface area (Å²) < 4.78 is 5.28. The standard InChI is InChI=1S/C25H33N3O3/c1-20-8-6-12-22(18-20)26-24(30)27-25(15-17-31-2)14-16-28(19-25)23(29)13-7-11-21-9-4-3-5-10-21/h3-6,8-10,12,18H,7,11,13-17,19H2,1-2H3,(H2,26,27,30). The molecule has 1 fully saturated rings. The van der Waals surface area contributed by atoms with Gasteiger partial charge in [0, 0.05) is 38.9 Å². The number of urea groups is 1. The third kappa shape index (κ3) is 6.82. The van der Waals surface area contributed by atoms with Crippen molar-refractivity contribution >= 4 is 17.6 Å². The van der Waals surface area contributed by atoms with E-state index in [0.717, 1.165) is 30.5 Å². The molecule has 166 valence electrons. The summed E-state index contributed by atoms with van der Waals surface area (Å²) in [6.45, 7) is 3.68. The number of nitrogens with zero attached hydrogens (tertiary/aromatic N) is 1. The fourth-order valence-electron chi connectivity index (χ4n) is 4.12. The lowest BCUT2D eigenvalue weighted by Crippen LogP contribution is -2.53. The highest BCUT2D eigenvalue weighted by molar-refractivity contribution is 5.90. The van der Waals surface area contributed by atoms with Crippen molar-refractivity contribution in [2.45, 2.75) is 44.6 Å². The van der Waals surface area contributed by atoms with Crippen molar-refractivity contribution in [2.75, 3.05) is 32.1 Å². The van der Waals surface area contributed by atoms with Gasteiger partial charge in [0.05, 0.1) is 5.54 Å². The number of carbonyl (C=O) groups excluding carboxylic acids is 2. The van der Waals surface area contributed by atoms with Crippen LogP contribution >= 0.6 is 0 Å². The van der Waals surface area contributed by atoms with Gasteiger partial charge in [0.25, 0.3) is 0 Å². The summed E-state index contributed by atoms with van der Waals surface area (Å²) in [4.78, 5) is 27.3. The lowest BCUT2D eigenvalue weighted by molar-refractivity contribution is -0.130. The number of hydrogen-bond donors (Lipinski definition) is 2. The summed E-state index contributed by atoms with van der Waals surface area (Å²) >= 11 is 0. The Hall–Kier alpha value is -2.86. The molecular formula is C25H33N3O3. The second-order valence-corrected chi connectivity index (χ2v) is 8.38. The second kappa shape index (κ2) is 11.0. The van der Waals surface area contributed by atoms with Gasteiger partial charge in [-0.25, -0.2) is 4.79 Å². The van der Waals surface area contributed by atoms with Crippen LogP contribution in [0.5, 0.6) is 0 Å². The smallest absolute Gasteiger partial charge is 0.319 e. The SMILES string of the molecule is COCCC1(NC(=O)Nc2cccc(C)c2)CCN(C(=O)CCCc2ccccc2)C1. The zero-order chi connectivity index (χ0) is 22.1. The number of ether oxygens (including phenoxy) is 1. The summed E-state index contributed by atoms with van der Waals surface area (Å²) in [5.74, 6) is 0.149. The zero-order valence-corrected chi connectivity index (χ0v) is 18.5. The van der Waals surface area contributed by atoms with Crippen molar-refractivity contribution < 1.29 is 14.3 Å². The fraction of sp³-hybridized carbons (Fsp3) is 0.440. The van der Waals surface area contributed by atoms with Crippen molar-refractivity contribution in [3.8, 4) is 0 Å². The van der Waals surface area contributed by atoms with Gasteiger partial charge in [-0.15, -0.1) is 0 Å². The van der Waals surface area contributed by atoms with Gasteiger partial charge in [-0.3, -0.25) is 4.79 Å². The Balaban J connectivity index is 1.54. The van der Waals surface area contributed by atoms with E-state index in [2.05, 4.69) is 22.8 Å². The third-order valence-corrected chi connectivity index (χ3v) is 5.84. The van der Waals surface area contributed by atoms with E-state index >= 15 is 0 Å². The average Bonchev–Trinajstić information content (AvgIpc) is 3.17. The number of likely N-dealkylation sites (tertiary alicyclic amines) is 1. The summed E-state index contributed by atoms with van der Waals surface area (Å²) in [6, 6.07) is 17.7. The minimum Gasteiger partial charge on any atom is -0.385 e. The molecule has 0 saturated carbocycles. The van der Waals surface area contributed by atoms with Crippen molar-refractivity contribution in [3.05, 3.63) is 65.7 Å². The Morgan fingerprint density at radius 1 is 1.13 bits per heavy atom. The topological polar surface area (TPSA) is 70.7 Å². The van der Waals surface area contributed by atoms with Gasteiger partial charge in [0.1, 0.15) is 0 Å². The number of carbonyl (C=O) groups is 2. The number of rotatable bonds is 9. The minimum atomic E-state index is -0.473. The maximum Gasteiger partial charge on any atom is 0.319 e. The number of anilines is 1. The van der Waals surface area contributed by atoms with Crippen molar-refractivity contribution in [2.24, 2.45) is 0 Å². The van der Waals surface area contributed by atoms with Crippen LogP contribution in [0.1, 0.15) is 36.8 Å². The summed E-state index contributed by atoms with van der Waals surface area (Å²) in [7, 11) is 1.65. The molecule has 3 amide bonds. The first kappa shape index (κ1) is 22.8. The van der Waals surface area contributed by atoms with Crippen LogP contribution in [0.4, 0.5) is 10.5 Å². The van der Waals surface area contributed by atoms with Gasteiger partial charge in [0.2, 0.25) is 5.91 Å². The van der Waals surface area contributed by atoms with Crippen LogP contribution in [-0.2, 0) is 16.0 Å². The molecule has 3 rings (SSSR count). The Kier molecular flexibility index (Phi) is 8.06. The normalized spacial score (nSPS) is 18.1. The van der Waals surface area contributed by atoms with Crippen LogP contribution in [0.2, 0.25) is 0 Å². The van der Waals surface area contributed by atoms with Gasteiger partial charge in [0.15, 0.2) is 0 Å². The van der Waals surface area contributed by atoms with E-state index in [1.54, 1.807) is 7.11 Å². The summed E-state index contributed by atoms with van der Waals surface area (Å²) in [5.41, 5.74) is 2.62. The molecule has 31 heavy (non-hydrogen) atoms. The molecule has 1 unspecified atom stereocenters. The average molecular weight is 424 g/mol. The van der Waals surface area contributed by atoms with Crippen LogP contribution < -0.4 is 10.6 Å². The molecule has 0 bridgehead atoms. The predicted molar refractivity (Wildman–Crippen MR) is 123 cm³/mol. The van der Waals surface area contributed by atoms with E-state index in [-0.39, 0.29) is 11.9 Å². The molecule has 2 N–H and O–H groups in total. The monoisotopic (exact) mass is 423 g/mol. The molecule has 0 aromatic heterocycles. The third-order valence-electron chi connectivity index (χ3n) is 5.84. The fourth-order valence-corrected chi connectivity index (χ4v) is 4.12. The highest BCUT2D eigenvalue weighted by Crippen LogP contribution is 2.26. The van der Waals surface area contributed by atoms with E-state index < -0.39 is 5.54 Å². The zero-order valence-electron chi connectivity index (χ0n) is 18.5. The van der Waals surface area contributed by atoms with Crippen LogP contribution in [-0.4, -0.2) is 49.2 Å². The van der Waals surface area contributed by atoms with Crippen molar-refractivity contribution in [1.82, 2.24) is 10.2 Å². The number of hydrogen-bond acceptors (Lipinski definition) is 3. The molecule has 1 atom stereocenters. The number of amides is 3. The molecule has 0 radical (unpaired) electrons.